The van der Waals surface area contributed by atoms with E-state index in [1.807, 2.05) is 43.3 Å². The molecule has 1 atom stereocenters. The Labute approximate surface area is 166 Å². The molecule has 1 aliphatic heterocycles. The van der Waals surface area contributed by atoms with Crippen LogP contribution in [0.1, 0.15) is 28.4 Å². The fraction of sp³-hybridized carbons (Fsp3) is 0.381. The third-order valence-corrected chi connectivity index (χ3v) is 6.18. The Balaban J connectivity index is 1.87. The molecule has 0 saturated carbocycles. The minimum absolute atomic E-state index is 0.0887. The van der Waals surface area contributed by atoms with Crippen LogP contribution in [0, 0.1) is 0 Å². The summed E-state index contributed by atoms with van der Waals surface area (Å²) in [6.07, 6.45) is 1.81. The molecule has 1 aliphatic rings. The predicted octanol–water partition coefficient (Wildman–Crippen LogP) is 2.69. The first kappa shape index (κ1) is 20.4. The molecule has 3 rings (SSSR count). The summed E-state index contributed by atoms with van der Waals surface area (Å²) >= 11 is 0. The highest BCUT2D eigenvalue weighted by Gasteiger charge is 2.33. The van der Waals surface area contributed by atoms with Crippen LogP contribution >= 0.6 is 0 Å². The highest BCUT2D eigenvalue weighted by Crippen LogP contribution is 2.35. The topological polar surface area (TPSA) is 66.9 Å². The average molecular weight is 403 g/mol. The molecule has 7 heteroatoms. The van der Waals surface area contributed by atoms with Gasteiger partial charge in [-0.2, -0.15) is 0 Å². The molecule has 2 aromatic rings. The number of anilines is 1. The van der Waals surface area contributed by atoms with Crippen molar-refractivity contribution in [3.8, 4) is 0 Å². The molecule has 0 aliphatic carbocycles. The molecular weight excluding hydrogens is 376 g/mol. The number of rotatable bonds is 7. The van der Waals surface area contributed by atoms with E-state index in [0.717, 1.165) is 11.1 Å². The molecule has 0 radical (unpaired) electrons. The molecule has 2 aromatic carbocycles. The van der Waals surface area contributed by atoms with E-state index in [1.54, 1.807) is 24.1 Å². The summed E-state index contributed by atoms with van der Waals surface area (Å²) in [5, 5.41) is 0. The number of carbonyl (C=O) groups is 1. The molecule has 1 heterocycles. The van der Waals surface area contributed by atoms with Crippen LogP contribution in [0.2, 0.25) is 0 Å². The number of fused-ring (bicyclic) bond motifs is 1. The maximum absolute atomic E-state index is 13.2. The number of amides is 1. The number of methoxy groups -OCH3 is 1. The lowest BCUT2D eigenvalue weighted by atomic mass is 10.1. The minimum atomic E-state index is -3.35. The number of sulfonamides is 1. The third-order valence-electron chi connectivity index (χ3n) is 4.91. The summed E-state index contributed by atoms with van der Waals surface area (Å²) in [7, 11) is -1.73. The molecule has 150 valence electrons. The van der Waals surface area contributed by atoms with Gasteiger partial charge in [-0.05, 0) is 42.7 Å². The second-order valence-corrected chi connectivity index (χ2v) is 9.02. The molecule has 0 fully saturated rings. The Hall–Kier alpha value is -2.38. The fourth-order valence-electron chi connectivity index (χ4n) is 3.68. The van der Waals surface area contributed by atoms with Gasteiger partial charge in [-0.25, -0.2) is 8.42 Å². The molecular formula is C21H26N2O4S. The zero-order valence-corrected chi connectivity index (χ0v) is 17.3. The Bertz CT molecular complexity index is 944. The van der Waals surface area contributed by atoms with Crippen molar-refractivity contribution in [2.24, 2.45) is 0 Å². The van der Waals surface area contributed by atoms with Crippen molar-refractivity contribution in [3.63, 3.8) is 0 Å². The number of hydrogen-bond acceptors (Lipinski definition) is 4. The monoisotopic (exact) mass is 402 g/mol. The SMILES string of the molecule is COCCN(Cc1ccccc1)C(=O)c1ccc2c(c1)CC(C)N2S(C)(=O)=O. The number of benzene rings is 2. The van der Waals surface area contributed by atoms with Crippen LogP contribution in [0.3, 0.4) is 0 Å². The van der Waals surface area contributed by atoms with Crippen LogP contribution in [0.4, 0.5) is 5.69 Å². The van der Waals surface area contributed by atoms with E-state index in [1.165, 1.54) is 10.6 Å². The molecule has 0 aromatic heterocycles. The maximum atomic E-state index is 13.2. The predicted molar refractivity (Wildman–Crippen MR) is 110 cm³/mol. The van der Waals surface area contributed by atoms with Crippen molar-refractivity contribution in [2.75, 3.05) is 30.8 Å². The van der Waals surface area contributed by atoms with Crippen molar-refractivity contribution in [2.45, 2.75) is 25.9 Å². The Morgan fingerprint density at radius 2 is 1.93 bits per heavy atom. The van der Waals surface area contributed by atoms with E-state index < -0.39 is 10.0 Å². The van der Waals surface area contributed by atoms with Crippen LogP contribution in [0.15, 0.2) is 48.5 Å². The Morgan fingerprint density at radius 1 is 1.21 bits per heavy atom. The number of carbonyl (C=O) groups excluding carboxylic acids is 1. The highest BCUT2D eigenvalue weighted by atomic mass is 32.2. The highest BCUT2D eigenvalue weighted by molar-refractivity contribution is 7.92. The second kappa shape index (κ2) is 8.32. The van der Waals surface area contributed by atoms with Gasteiger partial charge in [0.25, 0.3) is 5.91 Å². The van der Waals surface area contributed by atoms with Gasteiger partial charge in [0.05, 0.1) is 18.6 Å². The molecule has 1 amide bonds. The largest absolute Gasteiger partial charge is 0.383 e. The lowest BCUT2D eigenvalue weighted by Crippen LogP contribution is -2.34. The van der Waals surface area contributed by atoms with E-state index in [9.17, 15) is 13.2 Å². The summed E-state index contributed by atoms with van der Waals surface area (Å²) in [6.45, 7) is 3.30. The minimum Gasteiger partial charge on any atom is -0.383 e. The second-order valence-electron chi connectivity index (χ2n) is 7.16. The van der Waals surface area contributed by atoms with Gasteiger partial charge in [-0.3, -0.25) is 9.10 Å². The standard InChI is InChI=1S/C21H26N2O4S/c1-16-13-19-14-18(9-10-20(19)23(16)28(3,25)26)21(24)22(11-12-27-2)15-17-7-5-4-6-8-17/h4-10,14,16H,11-13,15H2,1-3H3. The normalized spacial score (nSPS) is 16.1. The van der Waals surface area contributed by atoms with Crippen molar-refractivity contribution in [3.05, 3.63) is 65.2 Å². The first-order chi connectivity index (χ1) is 13.3. The van der Waals surface area contributed by atoms with Gasteiger partial charge in [-0.15, -0.1) is 0 Å². The summed E-state index contributed by atoms with van der Waals surface area (Å²) in [6, 6.07) is 14.9. The van der Waals surface area contributed by atoms with Gasteiger partial charge >= 0.3 is 0 Å². The number of hydrogen-bond donors (Lipinski definition) is 0. The maximum Gasteiger partial charge on any atom is 0.254 e. The Morgan fingerprint density at radius 3 is 2.57 bits per heavy atom. The molecule has 28 heavy (non-hydrogen) atoms. The van der Waals surface area contributed by atoms with Gasteiger partial charge in [0.1, 0.15) is 0 Å². The van der Waals surface area contributed by atoms with E-state index in [0.29, 0.717) is 37.4 Å². The molecule has 0 saturated heterocycles. The lowest BCUT2D eigenvalue weighted by Gasteiger charge is -2.24. The van der Waals surface area contributed by atoms with Gasteiger partial charge < -0.3 is 9.64 Å². The zero-order valence-electron chi connectivity index (χ0n) is 16.5. The number of ether oxygens (including phenoxy) is 1. The van der Waals surface area contributed by atoms with Crippen molar-refractivity contribution in [1.29, 1.82) is 0 Å². The average Bonchev–Trinajstić information content (AvgIpc) is 3.00. The first-order valence-corrected chi connectivity index (χ1v) is 11.1. The molecule has 6 nitrogen and oxygen atoms in total. The molecule has 0 bridgehead atoms. The summed E-state index contributed by atoms with van der Waals surface area (Å²) in [5.74, 6) is -0.0887. The van der Waals surface area contributed by atoms with Crippen molar-refractivity contribution >= 4 is 21.6 Å². The zero-order chi connectivity index (χ0) is 20.3. The van der Waals surface area contributed by atoms with Gasteiger partial charge in [0.2, 0.25) is 10.0 Å². The smallest absolute Gasteiger partial charge is 0.254 e. The van der Waals surface area contributed by atoms with Crippen LogP contribution in [0.5, 0.6) is 0 Å². The van der Waals surface area contributed by atoms with E-state index in [4.69, 9.17) is 4.74 Å². The van der Waals surface area contributed by atoms with Gasteiger partial charge in [-0.1, -0.05) is 30.3 Å². The van der Waals surface area contributed by atoms with Crippen molar-refractivity contribution < 1.29 is 17.9 Å². The van der Waals surface area contributed by atoms with Crippen molar-refractivity contribution in [1.82, 2.24) is 4.90 Å². The Kier molecular flexibility index (Phi) is 6.05. The summed E-state index contributed by atoms with van der Waals surface area (Å²) < 4.78 is 30.8. The van der Waals surface area contributed by atoms with Crippen LogP contribution in [-0.2, 0) is 27.7 Å². The fourth-order valence-corrected chi connectivity index (χ4v) is 4.95. The quantitative estimate of drug-likeness (QED) is 0.714. The lowest BCUT2D eigenvalue weighted by molar-refractivity contribution is 0.0680. The molecule has 1 unspecified atom stereocenters. The molecule has 0 spiro atoms. The van der Waals surface area contributed by atoms with Gasteiger partial charge in [0.15, 0.2) is 0 Å². The molecule has 0 N–H and O–H groups in total. The van der Waals surface area contributed by atoms with E-state index in [-0.39, 0.29) is 11.9 Å². The third kappa shape index (κ3) is 4.36. The number of nitrogens with zero attached hydrogens (tertiary/aromatic N) is 2. The first-order valence-electron chi connectivity index (χ1n) is 9.25. The van der Waals surface area contributed by atoms with Gasteiger partial charge in [0, 0.05) is 31.8 Å². The van der Waals surface area contributed by atoms with E-state index >= 15 is 0 Å². The van der Waals surface area contributed by atoms with Crippen LogP contribution in [0.25, 0.3) is 0 Å². The summed E-state index contributed by atoms with van der Waals surface area (Å²) in [5.41, 5.74) is 3.16. The summed E-state index contributed by atoms with van der Waals surface area (Å²) in [4.78, 5) is 14.9. The van der Waals surface area contributed by atoms with Crippen LogP contribution in [-0.4, -0.2) is 51.8 Å². The van der Waals surface area contributed by atoms with Crippen LogP contribution < -0.4 is 4.31 Å². The van der Waals surface area contributed by atoms with E-state index in [2.05, 4.69) is 0 Å².